The number of nitrogens with two attached hydrogens (primary N) is 1. The first-order valence-corrected chi connectivity index (χ1v) is 9.60. The first kappa shape index (κ1) is 17.6. The lowest BCUT2D eigenvalue weighted by Gasteiger charge is -2.17. The number of benzene rings is 1. The van der Waals surface area contributed by atoms with Gasteiger partial charge in [0.2, 0.25) is 0 Å². The van der Waals surface area contributed by atoms with Crippen molar-refractivity contribution in [1.29, 1.82) is 0 Å². The Morgan fingerprint density at radius 1 is 1.32 bits per heavy atom. The van der Waals surface area contributed by atoms with Gasteiger partial charge in [0.25, 0.3) is 5.91 Å². The number of imide groups is 1. The van der Waals surface area contributed by atoms with E-state index in [1.807, 2.05) is 11.4 Å². The van der Waals surface area contributed by atoms with Gasteiger partial charge in [0.05, 0.1) is 4.88 Å². The summed E-state index contributed by atoms with van der Waals surface area (Å²) in [5.74, 6) is -0.140. The van der Waals surface area contributed by atoms with Crippen LogP contribution < -0.4 is 10.6 Å². The van der Waals surface area contributed by atoms with E-state index in [0.717, 1.165) is 12.8 Å². The van der Waals surface area contributed by atoms with Gasteiger partial charge in [-0.05, 0) is 23.4 Å². The number of aryl methyl sites for hydroxylation is 1. The molecule has 0 saturated carbocycles. The van der Waals surface area contributed by atoms with Gasteiger partial charge in [-0.1, -0.05) is 43.7 Å². The fourth-order valence-electron chi connectivity index (χ4n) is 3.10. The van der Waals surface area contributed by atoms with E-state index in [0.29, 0.717) is 13.1 Å². The van der Waals surface area contributed by atoms with Gasteiger partial charge in [0, 0.05) is 18.7 Å². The predicted octanol–water partition coefficient (Wildman–Crippen LogP) is 1.91. The lowest BCUT2D eigenvalue weighted by atomic mass is 10.0. The molecule has 132 valence electrons. The Kier molecular flexibility index (Phi) is 5.83. The molecule has 0 unspecified atom stereocenters. The van der Waals surface area contributed by atoms with Crippen molar-refractivity contribution in [3.8, 4) is 0 Å². The first-order chi connectivity index (χ1) is 12.2. The van der Waals surface area contributed by atoms with Crippen LogP contribution in [0.5, 0.6) is 0 Å². The number of rotatable bonds is 7. The number of urea groups is 1. The smallest absolute Gasteiger partial charge is 0.324 e. The van der Waals surface area contributed by atoms with Crippen LogP contribution in [0, 0.1) is 0 Å². The minimum absolute atomic E-state index is 0.0743. The zero-order valence-corrected chi connectivity index (χ0v) is 15.2. The molecule has 1 fully saturated rings. The molecule has 0 aliphatic carbocycles. The quantitative estimate of drug-likeness (QED) is 0.794. The lowest BCUT2D eigenvalue weighted by Crippen LogP contribution is -2.87. The van der Waals surface area contributed by atoms with E-state index >= 15 is 0 Å². The van der Waals surface area contributed by atoms with Gasteiger partial charge in [0.15, 0.2) is 6.54 Å². The molecule has 2 heterocycles. The zero-order valence-electron chi connectivity index (χ0n) is 14.4. The van der Waals surface area contributed by atoms with E-state index < -0.39 is 0 Å². The molecule has 1 saturated heterocycles. The van der Waals surface area contributed by atoms with Crippen LogP contribution in [0.3, 0.4) is 0 Å². The van der Waals surface area contributed by atoms with Crippen LogP contribution >= 0.6 is 11.3 Å². The average molecular weight is 358 g/mol. The van der Waals surface area contributed by atoms with Crippen molar-refractivity contribution in [2.45, 2.75) is 25.8 Å². The molecule has 0 spiro atoms. The summed E-state index contributed by atoms with van der Waals surface area (Å²) in [6.07, 6.45) is 2.21. The molecule has 3 N–H and O–H groups in total. The molecule has 0 bridgehead atoms. The van der Waals surface area contributed by atoms with Gasteiger partial charge in [-0.2, -0.15) is 0 Å². The standard InChI is InChI=1S/C19H23N3O2S/c1-2-4-14-6-8-15(9-7-14)18(16-5-3-12-25-16)21-13-17(23)22-11-10-20-19(22)24/h3,5-9,12,18,21H,2,4,10-11,13H2,1H3,(H,20,24)/p+1/t18-/m0/s1. The molecule has 25 heavy (non-hydrogen) atoms. The summed E-state index contributed by atoms with van der Waals surface area (Å²) in [6.45, 7) is 3.43. The average Bonchev–Trinajstić information content (AvgIpc) is 3.28. The summed E-state index contributed by atoms with van der Waals surface area (Å²) < 4.78 is 0. The number of carbonyl (C=O) groups is 2. The normalized spacial score (nSPS) is 15.2. The largest absolute Gasteiger partial charge is 0.336 e. The Hall–Kier alpha value is -2.18. The number of nitrogens with one attached hydrogen (secondary N) is 1. The Balaban J connectivity index is 1.72. The number of hydrogen-bond donors (Lipinski definition) is 2. The SMILES string of the molecule is CCCc1ccc([C@H]([NH2+]CC(=O)N2CCNC2=O)c2cccs2)cc1. The van der Waals surface area contributed by atoms with Crippen molar-refractivity contribution in [1.82, 2.24) is 10.2 Å². The maximum Gasteiger partial charge on any atom is 0.324 e. The second-order valence-electron chi connectivity index (χ2n) is 6.20. The molecule has 5 nitrogen and oxygen atoms in total. The van der Waals surface area contributed by atoms with Crippen LogP contribution in [0.4, 0.5) is 4.79 Å². The topological polar surface area (TPSA) is 66.0 Å². The number of nitrogens with zero attached hydrogens (tertiary/aromatic N) is 1. The van der Waals surface area contributed by atoms with Crippen molar-refractivity contribution < 1.29 is 14.9 Å². The molecule has 0 radical (unpaired) electrons. The Morgan fingerprint density at radius 2 is 2.12 bits per heavy atom. The van der Waals surface area contributed by atoms with Gasteiger partial charge in [-0.15, -0.1) is 11.3 Å². The highest BCUT2D eigenvalue weighted by molar-refractivity contribution is 7.10. The first-order valence-electron chi connectivity index (χ1n) is 8.72. The summed E-state index contributed by atoms with van der Waals surface area (Å²) >= 11 is 1.69. The highest BCUT2D eigenvalue weighted by atomic mass is 32.1. The van der Waals surface area contributed by atoms with Crippen molar-refractivity contribution in [3.05, 3.63) is 57.8 Å². The molecule has 3 rings (SSSR count). The van der Waals surface area contributed by atoms with Crippen LogP contribution in [0.1, 0.15) is 35.4 Å². The van der Waals surface area contributed by atoms with E-state index in [2.05, 4.69) is 48.0 Å². The highest BCUT2D eigenvalue weighted by Crippen LogP contribution is 2.23. The number of amides is 3. The second kappa shape index (κ2) is 8.27. The van der Waals surface area contributed by atoms with Crippen molar-refractivity contribution >= 4 is 23.3 Å². The van der Waals surface area contributed by atoms with Crippen LogP contribution in [0.2, 0.25) is 0 Å². The number of hydrogen-bond acceptors (Lipinski definition) is 3. The molecule has 3 amide bonds. The summed E-state index contributed by atoms with van der Waals surface area (Å²) in [4.78, 5) is 26.5. The van der Waals surface area contributed by atoms with E-state index in [9.17, 15) is 9.59 Å². The Labute approximate surface area is 152 Å². The predicted molar refractivity (Wildman–Crippen MR) is 98.5 cm³/mol. The van der Waals surface area contributed by atoms with Gasteiger partial charge in [0.1, 0.15) is 6.04 Å². The molecule has 2 aromatic rings. The van der Waals surface area contributed by atoms with Gasteiger partial charge < -0.3 is 10.6 Å². The fraction of sp³-hybridized carbons (Fsp3) is 0.368. The Morgan fingerprint density at radius 3 is 2.72 bits per heavy atom. The third-order valence-electron chi connectivity index (χ3n) is 4.41. The van der Waals surface area contributed by atoms with Gasteiger partial charge >= 0.3 is 6.03 Å². The molecular weight excluding hydrogens is 334 g/mol. The van der Waals surface area contributed by atoms with Crippen molar-refractivity contribution in [2.24, 2.45) is 0 Å². The monoisotopic (exact) mass is 358 g/mol. The lowest BCUT2D eigenvalue weighted by molar-refractivity contribution is -0.676. The minimum atomic E-state index is -0.282. The maximum absolute atomic E-state index is 12.3. The van der Waals surface area contributed by atoms with E-state index in [1.54, 1.807) is 11.3 Å². The molecule has 1 aliphatic rings. The minimum Gasteiger partial charge on any atom is -0.336 e. The fourth-order valence-corrected chi connectivity index (χ4v) is 3.95. The third-order valence-corrected chi connectivity index (χ3v) is 5.37. The molecular formula is C19H24N3O2S+. The number of carbonyl (C=O) groups excluding carboxylic acids is 2. The van der Waals surface area contributed by atoms with E-state index in [1.165, 1.54) is 20.9 Å². The summed E-state index contributed by atoms with van der Waals surface area (Å²) in [5, 5.41) is 6.75. The molecule has 1 aliphatic heterocycles. The van der Waals surface area contributed by atoms with Crippen LogP contribution in [0.25, 0.3) is 0 Å². The van der Waals surface area contributed by atoms with Crippen LogP contribution in [0.15, 0.2) is 41.8 Å². The van der Waals surface area contributed by atoms with Crippen LogP contribution in [-0.4, -0.2) is 36.5 Å². The summed E-state index contributed by atoms with van der Waals surface area (Å²) in [6, 6.07) is 12.6. The second-order valence-corrected chi connectivity index (χ2v) is 7.18. The molecule has 1 aromatic heterocycles. The van der Waals surface area contributed by atoms with E-state index in [4.69, 9.17) is 0 Å². The van der Waals surface area contributed by atoms with Gasteiger partial charge in [-0.25, -0.2) is 4.79 Å². The van der Waals surface area contributed by atoms with Crippen LogP contribution in [-0.2, 0) is 11.2 Å². The zero-order chi connectivity index (χ0) is 17.6. The van der Waals surface area contributed by atoms with Crippen molar-refractivity contribution in [3.63, 3.8) is 0 Å². The Bertz CT molecular complexity index is 713. The third kappa shape index (κ3) is 4.27. The molecule has 6 heteroatoms. The summed E-state index contributed by atoms with van der Waals surface area (Å²) in [5.41, 5.74) is 2.52. The number of thiophene rings is 1. The highest BCUT2D eigenvalue weighted by Gasteiger charge is 2.28. The molecule has 1 atom stereocenters. The molecule has 1 aromatic carbocycles. The van der Waals surface area contributed by atoms with Crippen molar-refractivity contribution in [2.75, 3.05) is 19.6 Å². The van der Waals surface area contributed by atoms with E-state index in [-0.39, 0.29) is 24.5 Å². The number of quaternary nitrogens is 1. The van der Waals surface area contributed by atoms with Gasteiger partial charge in [-0.3, -0.25) is 9.69 Å². The summed E-state index contributed by atoms with van der Waals surface area (Å²) in [7, 11) is 0. The maximum atomic E-state index is 12.3.